The molecule has 0 saturated carbocycles. The molecule has 1 unspecified atom stereocenters. The zero-order chi connectivity index (χ0) is 11.6. The van der Waals surface area contributed by atoms with Crippen molar-refractivity contribution in [2.75, 3.05) is 6.54 Å². The van der Waals surface area contributed by atoms with Crippen LogP contribution in [-0.4, -0.2) is 34.0 Å². The third-order valence-corrected chi connectivity index (χ3v) is 2.05. The minimum atomic E-state index is -1.16. The van der Waals surface area contributed by atoms with E-state index in [0.29, 0.717) is 11.8 Å². The predicted molar refractivity (Wildman–Crippen MR) is 51.7 cm³/mol. The topological polar surface area (TPSA) is 82.0 Å². The summed E-state index contributed by atoms with van der Waals surface area (Å²) in [5, 5.41) is 21.9. The van der Waals surface area contributed by atoms with Crippen molar-refractivity contribution in [2.45, 2.75) is 26.8 Å². The summed E-state index contributed by atoms with van der Waals surface area (Å²) in [7, 11) is 0. The lowest BCUT2D eigenvalue weighted by molar-refractivity contribution is -0.317. The molecule has 0 spiro atoms. The summed E-state index contributed by atoms with van der Waals surface area (Å²) in [6.45, 7) is 5.76. The maximum atomic E-state index is 11.4. The van der Waals surface area contributed by atoms with Crippen LogP contribution < -0.4 is 5.32 Å². The van der Waals surface area contributed by atoms with Crippen LogP contribution in [0.25, 0.3) is 0 Å². The van der Waals surface area contributed by atoms with E-state index in [2.05, 4.69) is 5.32 Å². The van der Waals surface area contributed by atoms with Gasteiger partial charge in [0, 0.05) is 12.5 Å². The molecule has 15 heavy (non-hydrogen) atoms. The molecule has 86 valence electrons. The second-order valence-corrected chi connectivity index (χ2v) is 3.60. The minimum Gasteiger partial charge on any atom is -0.506 e. The van der Waals surface area contributed by atoms with Crippen LogP contribution >= 0.6 is 0 Å². The van der Waals surface area contributed by atoms with Gasteiger partial charge in [0.05, 0.1) is 0 Å². The lowest BCUT2D eigenvalue weighted by atomic mass is 10.1. The van der Waals surface area contributed by atoms with Crippen molar-refractivity contribution in [1.82, 2.24) is 10.5 Å². The second-order valence-electron chi connectivity index (χ2n) is 3.60. The van der Waals surface area contributed by atoms with Crippen LogP contribution in [0, 0.1) is 5.92 Å². The van der Waals surface area contributed by atoms with E-state index < -0.39 is 11.9 Å². The zero-order valence-corrected chi connectivity index (χ0v) is 9.02. The molecule has 1 aliphatic heterocycles. The molecule has 0 aliphatic carbocycles. The Morgan fingerprint density at radius 2 is 2.27 bits per heavy atom. The predicted octanol–water partition coefficient (Wildman–Crippen LogP) is 0.553. The first-order valence-corrected chi connectivity index (χ1v) is 4.85. The Hall–Kier alpha value is -1.27. The number of carbonyl (C=O) groups excluding carboxylic acids is 1. The zero-order valence-electron chi connectivity index (χ0n) is 9.02. The van der Waals surface area contributed by atoms with E-state index in [0.717, 1.165) is 0 Å². The molecule has 0 aromatic rings. The first-order valence-electron chi connectivity index (χ1n) is 4.85. The first-order chi connectivity index (χ1) is 6.99. The van der Waals surface area contributed by atoms with E-state index in [1.54, 1.807) is 20.8 Å². The van der Waals surface area contributed by atoms with Crippen LogP contribution in [0.2, 0.25) is 0 Å². The molecular formula is C9H16N2O4. The Bertz CT molecular complexity index is 288. The Balaban J connectivity index is 2.85. The highest BCUT2D eigenvalue weighted by molar-refractivity contribution is 5.84. The van der Waals surface area contributed by atoms with E-state index in [4.69, 9.17) is 4.84 Å². The Morgan fingerprint density at radius 1 is 1.67 bits per heavy atom. The average molecular weight is 216 g/mol. The molecule has 0 radical (unpaired) electrons. The van der Waals surface area contributed by atoms with Crippen molar-refractivity contribution < 1.29 is 19.9 Å². The summed E-state index contributed by atoms with van der Waals surface area (Å²) in [6.07, 6.45) is 0. The molecule has 1 rings (SSSR count). The highest BCUT2D eigenvalue weighted by Crippen LogP contribution is 2.27. The van der Waals surface area contributed by atoms with Crippen molar-refractivity contribution in [1.29, 1.82) is 0 Å². The normalized spacial score (nSPS) is 22.1. The Kier molecular flexibility index (Phi) is 3.54. The van der Waals surface area contributed by atoms with Gasteiger partial charge in [0.25, 0.3) is 5.91 Å². The summed E-state index contributed by atoms with van der Waals surface area (Å²) in [5.41, 5.74) is 0. The van der Waals surface area contributed by atoms with Gasteiger partial charge in [0.2, 0.25) is 6.04 Å². The number of amides is 1. The maximum Gasteiger partial charge on any atom is 0.251 e. The van der Waals surface area contributed by atoms with Crippen molar-refractivity contribution in [3.8, 4) is 0 Å². The molecule has 6 heteroatoms. The number of nitrogens with one attached hydrogen (secondary N) is 1. The molecular weight excluding hydrogens is 200 g/mol. The fourth-order valence-electron chi connectivity index (χ4n) is 1.34. The molecule has 0 fully saturated rings. The van der Waals surface area contributed by atoms with Crippen LogP contribution in [0.4, 0.5) is 0 Å². The monoisotopic (exact) mass is 216 g/mol. The number of aliphatic hydroxyl groups is 1. The number of hydrogen-bond acceptors (Lipinski definition) is 5. The van der Waals surface area contributed by atoms with Crippen molar-refractivity contribution in [2.24, 2.45) is 5.92 Å². The SMILES string of the molecule is CCNC(=O)C1C(O)=C(C(C)C)ON1O. The lowest BCUT2D eigenvalue weighted by Gasteiger charge is -2.15. The van der Waals surface area contributed by atoms with Crippen LogP contribution in [0.1, 0.15) is 20.8 Å². The number of carbonyl (C=O) groups is 1. The summed E-state index contributed by atoms with van der Waals surface area (Å²) < 4.78 is 0. The summed E-state index contributed by atoms with van der Waals surface area (Å²) >= 11 is 0. The quantitative estimate of drug-likeness (QED) is 0.642. The molecule has 3 N–H and O–H groups in total. The third kappa shape index (κ3) is 2.21. The summed E-state index contributed by atoms with van der Waals surface area (Å²) in [4.78, 5) is 16.3. The van der Waals surface area contributed by atoms with Gasteiger partial charge in [0.15, 0.2) is 11.5 Å². The summed E-state index contributed by atoms with van der Waals surface area (Å²) in [6, 6.07) is -1.16. The molecule has 0 saturated heterocycles. The number of hydrogen-bond donors (Lipinski definition) is 3. The molecule has 1 amide bonds. The molecule has 0 aromatic carbocycles. The molecule has 1 atom stereocenters. The van der Waals surface area contributed by atoms with Gasteiger partial charge in [-0.15, -0.1) is 0 Å². The van der Waals surface area contributed by atoms with Gasteiger partial charge >= 0.3 is 0 Å². The van der Waals surface area contributed by atoms with Crippen LogP contribution in [-0.2, 0) is 9.63 Å². The second kappa shape index (κ2) is 4.50. The van der Waals surface area contributed by atoms with Gasteiger partial charge < -0.3 is 15.3 Å². The first kappa shape index (κ1) is 11.8. The van der Waals surface area contributed by atoms with Crippen LogP contribution in [0.3, 0.4) is 0 Å². The standard InChI is InChI=1S/C9H16N2O4/c1-4-10-9(13)6-7(12)8(5(2)3)15-11(6)14/h5-6,12,14H,4H2,1-3H3,(H,10,13). The van der Waals surface area contributed by atoms with E-state index in [-0.39, 0.29) is 17.4 Å². The fraction of sp³-hybridized carbons (Fsp3) is 0.667. The number of allylic oxidation sites excluding steroid dienone is 1. The van der Waals surface area contributed by atoms with Crippen LogP contribution in [0.15, 0.2) is 11.5 Å². The van der Waals surface area contributed by atoms with Crippen molar-refractivity contribution in [3.05, 3.63) is 11.5 Å². The fourth-order valence-corrected chi connectivity index (χ4v) is 1.34. The van der Waals surface area contributed by atoms with Gasteiger partial charge in [-0.2, -0.15) is 0 Å². The number of rotatable bonds is 3. The molecule has 1 aliphatic rings. The minimum absolute atomic E-state index is 0.0981. The highest BCUT2D eigenvalue weighted by Gasteiger charge is 2.40. The Morgan fingerprint density at radius 3 is 2.67 bits per heavy atom. The molecule has 1 heterocycles. The maximum absolute atomic E-state index is 11.4. The molecule has 0 aromatic heterocycles. The van der Waals surface area contributed by atoms with Crippen LogP contribution in [0.5, 0.6) is 0 Å². The van der Waals surface area contributed by atoms with E-state index in [1.165, 1.54) is 0 Å². The Labute approximate surface area is 88.0 Å². The number of likely N-dealkylation sites (N-methyl/N-ethyl adjacent to an activating group) is 1. The van der Waals surface area contributed by atoms with Gasteiger partial charge in [-0.3, -0.25) is 10.0 Å². The third-order valence-electron chi connectivity index (χ3n) is 2.05. The van der Waals surface area contributed by atoms with E-state index in [9.17, 15) is 15.1 Å². The lowest BCUT2D eigenvalue weighted by Crippen LogP contribution is -2.43. The number of nitrogens with zero attached hydrogens (tertiary/aromatic N) is 1. The highest BCUT2D eigenvalue weighted by atomic mass is 16.9. The largest absolute Gasteiger partial charge is 0.506 e. The smallest absolute Gasteiger partial charge is 0.251 e. The van der Waals surface area contributed by atoms with E-state index >= 15 is 0 Å². The molecule has 0 bridgehead atoms. The van der Waals surface area contributed by atoms with Gasteiger partial charge in [-0.05, 0) is 12.2 Å². The van der Waals surface area contributed by atoms with Crippen molar-refractivity contribution in [3.63, 3.8) is 0 Å². The number of aliphatic hydroxyl groups excluding tert-OH is 1. The van der Waals surface area contributed by atoms with Gasteiger partial charge in [-0.1, -0.05) is 13.8 Å². The van der Waals surface area contributed by atoms with Gasteiger partial charge in [-0.25, -0.2) is 0 Å². The number of hydroxylamine groups is 2. The molecule has 6 nitrogen and oxygen atoms in total. The van der Waals surface area contributed by atoms with E-state index in [1.807, 2.05) is 0 Å². The summed E-state index contributed by atoms with van der Waals surface area (Å²) in [5.74, 6) is -0.612. The average Bonchev–Trinajstić information content (AvgIpc) is 2.42. The van der Waals surface area contributed by atoms with Crippen molar-refractivity contribution >= 4 is 5.91 Å². The van der Waals surface area contributed by atoms with Gasteiger partial charge in [0.1, 0.15) is 0 Å².